The predicted octanol–water partition coefficient (Wildman–Crippen LogP) is 4.81. The molecule has 136 valence electrons. The van der Waals surface area contributed by atoms with E-state index < -0.39 is 0 Å². The van der Waals surface area contributed by atoms with Gasteiger partial charge in [-0.05, 0) is 24.6 Å². The number of hydrogen-bond acceptors (Lipinski definition) is 4. The average Bonchev–Trinajstić information content (AvgIpc) is 2.96. The van der Waals surface area contributed by atoms with E-state index in [1.807, 2.05) is 48.5 Å². The zero-order valence-corrected chi connectivity index (χ0v) is 15.8. The first kappa shape index (κ1) is 17.4. The molecule has 0 saturated carbocycles. The van der Waals surface area contributed by atoms with Crippen LogP contribution in [0, 0.1) is 5.41 Å². The highest BCUT2D eigenvalue weighted by molar-refractivity contribution is 6.06. The Labute approximate surface area is 158 Å². The van der Waals surface area contributed by atoms with Crippen molar-refractivity contribution < 1.29 is 9.63 Å². The van der Waals surface area contributed by atoms with Gasteiger partial charge in [0.1, 0.15) is 6.10 Å². The summed E-state index contributed by atoms with van der Waals surface area (Å²) in [7, 11) is 0. The molecule has 4 heteroatoms. The molecule has 1 aromatic heterocycles. The predicted molar refractivity (Wildman–Crippen MR) is 107 cm³/mol. The van der Waals surface area contributed by atoms with E-state index >= 15 is 0 Å². The molecule has 1 aliphatic heterocycles. The maximum Gasteiger partial charge on any atom is 0.160 e. The van der Waals surface area contributed by atoms with E-state index in [0.717, 1.165) is 27.9 Å². The summed E-state index contributed by atoms with van der Waals surface area (Å²) in [6.07, 6.45) is 0.457. The van der Waals surface area contributed by atoms with Crippen LogP contribution in [0.15, 0.2) is 65.8 Å². The van der Waals surface area contributed by atoms with Crippen LogP contribution in [0.5, 0.6) is 0 Å². The summed E-state index contributed by atoms with van der Waals surface area (Å²) in [6.45, 7) is 5.88. The lowest BCUT2D eigenvalue weighted by molar-refractivity contribution is 0.0365. The molecule has 2 aromatic carbocycles. The van der Waals surface area contributed by atoms with Crippen molar-refractivity contribution in [2.24, 2.45) is 10.6 Å². The molecule has 27 heavy (non-hydrogen) atoms. The lowest BCUT2D eigenvalue weighted by Crippen LogP contribution is -2.35. The standard InChI is InChI=1S/C23H22N2O2/c1-15(26)19-13-17(24-20-12-8-7-11-18(19)20)14-21-23(2,3)22(25-27-21)16-9-5-4-6-10-16/h4-13,21H,14H2,1-3H3. The lowest BCUT2D eigenvalue weighted by Gasteiger charge is -2.26. The van der Waals surface area contributed by atoms with Crippen molar-refractivity contribution in [3.8, 4) is 0 Å². The van der Waals surface area contributed by atoms with E-state index in [1.165, 1.54) is 0 Å². The van der Waals surface area contributed by atoms with Crippen LogP contribution < -0.4 is 0 Å². The highest BCUT2D eigenvalue weighted by Gasteiger charge is 2.42. The van der Waals surface area contributed by atoms with E-state index in [0.29, 0.717) is 12.0 Å². The summed E-state index contributed by atoms with van der Waals surface area (Å²) < 4.78 is 0. The van der Waals surface area contributed by atoms with E-state index in [1.54, 1.807) is 6.92 Å². The molecule has 1 aliphatic rings. The van der Waals surface area contributed by atoms with Crippen molar-refractivity contribution in [3.63, 3.8) is 0 Å². The van der Waals surface area contributed by atoms with Gasteiger partial charge >= 0.3 is 0 Å². The number of benzene rings is 2. The molecule has 2 heterocycles. The molecule has 0 amide bonds. The number of rotatable bonds is 4. The molecule has 1 atom stereocenters. The second-order valence-electron chi connectivity index (χ2n) is 7.56. The van der Waals surface area contributed by atoms with E-state index in [9.17, 15) is 4.79 Å². The first-order chi connectivity index (χ1) is 13.0. The van der Waals surface area contributed by atoms with Crippen LogP contribution >= 0.6 is 0 Å². The maximum atomic E-state index is 12.1. The Morgan fingerprint density at radius 1 is 1.07 bits per heavy atom. The molecule has 4 rings (SSSR count). The first-order valence-electron chi connectivity index (χ1n) is 9.16. The van der Waals surface area contributed by atoms with Crippen LogP contribution in [0.1, 0.15) is 42.4 Å². The fraction of sp³-hybridized carbons (Fsp3) is 0.261. The fourth-order valence-corrected chi connectivity index (χ4v) is 3.65. The summed E-state index contributed by atoms with van der Waals surface area (Å²) >= 11 is 0. The molecule has 3 aromatic rings. The Morgan fingerprint density at radius 3 is 2.52 bits per heavy atom. The van der Waals surface area contributed by atoms with Gasteiger partial charge in [-0.2, -0.15) is 0 Å². The number of aromatic nitrogens is 1. The zero-order chi connectivity index (χ0) is 19.0. The molecule has 0 radical (unpaired) electrons. The topological polar surface area (TPSA) is 51.5 Å². The smallest absolute Gasteiger partial charge is 0.160 e. The number of ketones is 1. The summed E-state index contributed by atoms with van der Waals surface area (Å²) in [5.41, 5.74) is 4.14. The van der Waals surface area contributed by atoms with Gasteiger partial charge in [0.2, 0.25) is 0 Å². The lowest BCUT2D eigenvalue weighted by atomic mass is 9.77. The van der Waals surface area contributed by atoms with Crippen LogP contribution in [-0.2, 0) is 11.3 Å². The zero-order valence-electron chi connectivity index (χ0n) is 15.8. The number of hydrogen-bond donors (Lipinski definition) is 0. The molecule has 0 saturated heterocycles. The van der Waals surface area contributed by atoms with Crippen molar-refractivity contribution in [1.82, 2.24) is 4.98 Å². The number of fused-ring (bicyclic) bond motifs is 1. The van der Waals surface area contributed by atoms with Crippen LogP contribution in [0.2, 0.25) is 0 Å². The van der Waals surface area contributed by atoms with Gasteiger partial charge in [-0.3, -0.25) is 9.78 Å². The fourth-order valence-electron chi connectivity index (χ4n) is 3.65. The summed E-state index contributed by atoms with van der Waals surface area (Å²) in [5, 5.41) is 5.27. The summed E-state index contributed by atoms with van der Waals surface area (Å²) in [4.78, 5) is 22.7. The Hall–Kier alpha value is -3.01. The Morgan fingerprint density at radius 2 is 1.78 bits per heavy atom. The van der Waals surface area contributed by atoms with Gasteiger partial charge in [0.15, 0.2) is 5.78 Å². The number of carbonyl (C=O) groups is 1. The van der Waals surface area contributed by atoms with Gasteiger partial charge in [-0.1, -0.05) is 67.5 Å². The van der Waals surface area contributed by atoms with Gasteiger partial charge in [0.25, 0.3) is 0 Å². The number of oxime groups is 1. The van der Waals surface area contributed by atoms with Crippen molar-refractivity contribution in [3.05, 3.63) is 77.5 Å². The van der Waals surface area contributed by atoms with Crippen LogP contribution in [0.25, 0.3) is 10.9 Å². The third kappa shape index (κ3) is 3.12. The maximum absolute atomic E-state index is 12.1. The third-order valence-corrected chi connectivity index (χ3v) is 5.28. The van der Waals surface area contributed by atoms with Crippen molar-refractivity contribution in [2.45, 2.75) is 33.3 Å². The summed E-state index contributed by atoms with van der Waals surface area (Å²) in [6, 6.07) is 19.7. The Kier molecular flexibility index (Phi) is 4.27. The van der Waals surface area contributed by atoms with Crippen molar-refractivity contribution >= 4 is 22.4 Å². The molecule has 0 bridgehead atoms. The van der Waals surface area contributed by atoms with Crippen molar-refractivity contribution in [1.29, 1.82) is 0 Å². The van der Waals surface area contributed by atoms with E-state index in [-0.39, 0.29) is 17.3 Å². The third-order valence-electron chi connectivity index (χ3n) is 5.28. The number of Topliss-reactive ketones (excluding diaryl/α,β-unsaturated/α-hetero) is 1. The highest BCUT2D eigenvalue weighted by Crippen LogP contribution is 2.36. The molecule has 1 unspecified atom stereocenters. The number of nitrogens with zero attached hydrogens (tertiary/aromatic N) is 2. The van der Waals surface area contributed by atoms with Crippen LogP contribution in [-0.4, -0.2) is 22.6 Å². The molecule has 0 aliphatic carbocycles. The molecule has 0 N–H and O–H groups in total. The molecule has 0 fully saturated rings. The average molecular weight is 358 g/mol. The monoisotopic (exact) mass is 358 g/mol. The minimum Gasteiger partial charge on any atom is -0.391 e. The minimum absolute atomic E-state index is 0.0441. The van der Waals surface area contributed by atoms with Crippen molar-refractivity contribution in [2.75, 3.05) is 0 Å². The number of pyridine rings is 1. The Balaban J connectivity index is 1.66. The summed E-state index contributed by atoms with van der Waals surface area (Å²) in [5.74, 6) is 0.0441. The SMILES string of the molecule is CC(=O)c1cc(CC2ON=C(c3ccccc3)C2(C)C)nc2ccccc12. The van der Waals surface area contributed by atoms with Gasteiger partial charge in [0.05, 0.1) is 16.6 Å². The van der Waals surface area contributed by atoms with Gasteiger partial charge < -0.3 is 4.84 Å². The van der Waals surface area contributed by atoms with Gasteiger partial charge in [-0.25, -0.2) is 0 Å². The first-order valence-corrected chi connectivity index (χ1v) is 9.16. The minimum atomic E-state index is -0.259. The molecular formula is C23H22N2O2. The molecular weight excluding hydrogens is 336 g/mol. The second-order valence-corrected chi connectivity index (χ2v) is 7.56. The number of para-hydroxylation sites is 1. The molecule has 0 spiro atoms. The largest absolute Gasteiger partial charge is 0.391 e. The van der Waals surface area contributed by atoms with Crippen LogP contribution in [0.4, 0.5) is 0 Å². The normalized spacial score (nSPS) is 18.2. The van der Waals surface area contributed by atoms with E-state index in [4.69, 9.17) is 9.82 Å². The Bertz CT molecular complexity index is 1040. The second kappa shape index (κ2) is 6.62. The van der Waals surface area contributed by atoms with Gasteiger partial charge in [0, 0.05) is 23.1 Å². The molecule has 4 nitrogen and oxygen atoms in total. The highest BCUT2D eigenvalue weighted by atomic mass is 16.6. The number of carbonyl (C=O) groups excluding carboxylic acids is 1. The quantitative estimate of drug-likeness (QED) is 0.629. The van der Waals surface area contributed by atoms with E-state index in [2.05, 4.69) is 31.1 Å². The van der Waals surface area contributed by atoms with Gasteiger partial charge in [-0.15, -0.1) is 0 Å². The van der Waals surface area contributed by atoms with Crippen LogP contribution in [0.3, 0.4) is 0 Å².